The fraction of sp³-hybridized carbons (Fsp3) is 1.00. The van der Waals surface area contributed by atoms with Gasteiger partial charge in [0.25, 0.3) is 0 Å². The number of rotatable bonds is 12. The number of hydrogen-bond acceptors (Lipinski definition) is 4. The van der Waals surface area contributed by atoms with Crippen LogP contribution in [-0.2, 0) is 0 Å². The van der Waals surface area contributed by atoms with E-state index in [1.165, 1.54) is 25.8 Å². The van der Waals surface area contributed by atoms with E-state index in [0.717, 1.165) is 39.1 Å². The minimum atomic E-state index is 0.792. The predicted octanol–water partition coefficient (Wildman–Crippen LogP) is 0.246. The molecule has 0 aliphatic rings. The second-order valence-corrected chi connectivity index (χ2v) is 4.51. The number of unbranched alkanes of at least 4 members (excludes halogenated alkanes) is 1. The Labute approximate surface area is 101 Å². The van der Waals surface area contributed by atoms with Crippen molar-refractivity contribution < 1.29 is 0 Å². The smallest absolute Gasteiger partial charge is 0.00127 e. The fourth-order valence-corrected chi connectivity index (χ4v) is 1.50. The van der Waals surface area contributed by atoms with Gasteiger partial charge in [0, 0.05) is 0 Å². The van der Waals surface area contributed by atoms with Crippen molar-refractivity contribution in [2.24, 2.45) is 5.73 Å². The van der Waals surface area contributed by atoms with E-state index in [0.29, 0.717) is 0 Å². The molecule has 4 heteroatoms. The second-order valence-electron chi connectivity index (χ2n) is 4.51. The maximum absolute atomic E-state index is 5.41. The summed E-state index contributed by atoms with van der Waals surface area (Å²) in [5.41, 5.74) is 5.41. The molecule has 0 aliphatic heterocycles. The van der Waals surface area contributed by atoms with Crippen LogP contribution in [0.2, 0.25) is 0 Å². The van der Waals surface area contributed by atoms with Crippen LogP contribution in [0.1, 0.15) is 25.7 Å². The lowest BCUT2D eigenvalue weighted by atomic mass is 10.3. The summed E-state index contributed by atoms with van der Waals surface area (Å²) >= 11 is 0. The Hall–Kier alpha value is -0.160. The van der Waals surface area contributed by atoms with Gasteiger partial charge in [0.05, 0.1) is 0 Å². The Balaban J connectivity index is 2.88. The fourth-order valence-electron chi connectivity index (χ4n) is 1.50. The third kappa shape index (κ3) is 13.8. The molecule has 0 unspecified atom stereocenters. The average molecular weight is 230 g/mol. The van der Waals surface area contributed by atoms with Crippen molar-refractivity contribution in [2.75, 3.05) is 53.4 Å². The summed E-state index contributed by atoms with van der Waals surface area (Å²) in [6.45, 7) is 6.44. The topological polar surface area (TPSA) is 53.3 Å². The van der Waals surface area contributed by atoms with Gasteiger partial charge in [0.15, 0.2) is 0 Å². The average Bonchev–Trinajstić information content (AvgIpc) is 2.25. The first-order chi connectivity index (χ1) is 7.77. The molecule has 0 fully saturated rings. The zero-order chi connectivity index (χ0) is 12.1. The molecule has 16 heavy (non-hydrogen) atoms. The molecule has 0 aromatic carbocycles. The van der Waals surface area contributed by atoms with Crippen molar-refractivity contribution in [1.29, 1.82) is 0 Å². The molecule has 0 atom stereocenters. The van der Waals surface area contributed by atoms with Crippen molar-refractivity contribution >= 4 is 0 Å². The monoisotopic (exact) mass is 230 g/mol. The SMILES string of the molecule is CN(C)CCCNCCCCNCCCN. The predicted molar refractivity (Wildman–Crippen MR) is 71.8 cm³/mol. The molecular weight excluding hydrogens is 200 g/mol. The van der Waals surface area contributed by atoms with Crippen LogP contribution < -0.4 is 16.4 Å². The Morgan fingerprint density at radius 2 is 1.31 bits per heavy atom. The molecular formula is C12H30N4. The number of nitrogens with zero attached hydrogens (tertiary/aromatic N) is 1. The molecule has 4 nitrogen and oxygen atoms in total. The van der Waals surface area contributed by atoms with Gasteiger partial charge in [-0.05, 0) is 79.0 Å². The third-order valence-electron chi connectivity index (χ3n) is 2.47. The first-order valence-corrected chi connectivity index (χ1v) is 6.53. The summed E-state index contributed by atoms with van der Waals surface area (Å²) in [5.74, 6) is 0. The van der Waals surface area contributed by atoms with Crippen LogP contribution in [0.5, 0.6) is 0 Å². The van der Waals surface area contributed by atoms with Gasteiger partial charge in [-0.15, -0.1) is 0 Å². The quantitative estimate of drug-likeness (QED) is 0.421. The minimum Gasteiger partial charge on any atom is -0.330 e. The lowest BCUT2D eigenvalue weighted by molar-refractivity contribution is 0.394. The highest BCUT2D eigenvalue weighted by Crippen LogP contribution is 1.86. The van der Waals surface area contributed by atoms with E-state index < -0.39 is 0 Å². The van der Waals surface area contributed by atoms with Crippen LogP contribution in [0.25, 0.3) is 0 Å². The summed E-state index contributed by atoms with van der Waals surface area (Å²) in [6, 6.07) is 0. The minimum absolute atomic E-state index is 0.792. The summed E-state index contributed by atoms with van der Waals surface area (Å²) in [7, 11) is 4.24. The van der Waals surface area contributed by atoms with E-state index in [-0.39, 0.29) is 0 Å². The zero-order valence-electron chi connectivity index (χ0n) is 11.1. The summed E-state index contributed by atoms with van der Waals surface area (Å²) in [5, 5.41) is 6.86. The molecule has 0 heterocycles. The van der Waals surface area contributed by atoms with Crippen molar-refractivity contribution in [1.82, 2.24) is 15.5 Å². The normalized spacial score (nSPS) is 11.2. The maximum atomic E-state index is 5.41. The Bertz CT molecular complexity index is 128. The van der Waals surface area contributed by atoms with Crippen molar-refractivity contribution in [3.8, 4) is 0 Å². The third-order valence-corrected chi connectivity index (χ3v) is 2.47. The Morgan fingerprint density at radius 3 is 1.81 bits per heavy atom. The van der Waals surface area contributed by atoms with Gasteiger partial charge in [-0.3, -0.25) is 0 Å². The van der Waals surface area contributed by atoms with Gasteiger partial charge < -0.3 is 21.3 Å². The van der Waals surface area contributed by atoms with Crippen LogP contribution in [0.4, 0.5) is 0 Å². The lowest BCUT2D eigenvalue weighted by Gasteiger charge is -2.09. The van der Waals surface area contributed by atoms with Gasteiger partial charge in [-0.25, -0.2) is 0 Å². The first-order valence-electron chi connectivity index (χ1n) is 6.53. The molecule has 0 aromatic heterocycles. The molecule has 0 saturated heterocycles. The zero-order valence-corrected chi connectivity index (χ0v) is 11.1. The molecule has 0 saturated carbocycles. The van der Waals surface area contributed by atoms with Crippen LogP contribution in [-0.4, -0.2) is 58.3 Å². The van der Waals surface area contributed by atoms with Gasteiger partial charge in [0.1, 0.15) is 0 Å². The van der Waals surface area contributed by atoms with E-state index in [1.54, 1.807) is 0 Å². The van der Waals surface area contributed by atoms with Crippen LogP contribution >= 0.6 is 0 Å². The molecule has 0 spiro atoms. The summed E-state index contributed by atoms with van der Waals surface area (Å²) < 4.78 is 0. The Kier molecular flexibility index (Phi) is 12.8. The Morgan fingerprint density at radius 1 is 0.812 bits per heavy atom. The van der Waals surface area contributed by atoms with Crippen LogP contribution in [0, 0.1) is 0 Å². The van der Waals surface area contributed by atoms with E-state index in [2.05, 4.69) is 29.6 Å². The van der Waals surface area contributed by atoms with Crippen molar-refractivity contribution in [2.45, 2.75) is 25.7 Å². The highest BCUT2D eigenvalue weighted by Gasteiger charge is 1.91. The molecule has 0 radical (unpaired) electrons. The van der Waals surface area contributed by atoms with Crippen LogP contribution in [0.3, 0.4) is 0 Å². The maximum Gasteiger partial charge on any atom is -0.00127 e. The van der Waals surface area contributed by atoms with E-state index in [4.69, 9.17) is 5.73 Å². The molecule has 4 N–H and O–H groups in total. The van der Waals surface area contributed by atoms with Crippen molar-refractivity contribution in [3.63, 3.8) is 0 Å². The molecule has 0 rings (SSSR count). The molecule has 0 aliphatic carbocycles. The van der Waals surface area contributed by atoms with Gasteiger partial charge in [0.2, 0.25) is 0 Å². The van der Waals surface area contributed by atoms with E-state index in [9.17, 15) is 0 Å². The van der Waals surface area contributed by atoms with Crippen LogP contribution in [0.15, 0.2) is 0 Å². The number of nitrogens with one attached hydrogen (secondary N) is 2. The van der Waals surface area contributed by atoms with Crippen molar-refractivity contribution in [3.05, 3.63) is 0 Å². The largest absolute Gasteiger partial charge is 0.330 e. The number of hydrogen-bond donors (Lipinski definition) is 3. The highest BCUT2D eigenvalue weighted by molar-refractivity contribution is 4.53. The lowest BCUT2D eigenvalue weighted by Crippen LogP contribution is -2.23. The first kappa shape index (κ1) is 15.8. The number of nitrogens with two attached hydrogens (primary N) is 1. The summed E-state index contributed by atoms with van der Waals surface area (Å²) in [4.78, 5) is 2.23. The van der Waals surface area contributed by atoms with Gasteiger partial charge >= 0.3 is 0 Å². The highest BCUT2D eigenvalue weighted by atomic mass is 15.0. The van der Waals surface area contributed by atoms with Gasteiger partial charge in [-0.2, -0.15) is 0 Å². The summed E-state index contributed by atoms with van der Waals surface area (Å²) in [6.07, 6.45) is 4.84. The van der Waals surface area contributed by atoms with Gasteiger partial charge in [-0.1, -0.05) is 0 Å². The van der Waals surface area contributed by atoms with E-state index >= 15 is 0 Å². The molecule has 0 aromatic rings. The molecule has 0 bridgehead atoms. The molecule has 0 amide bonds. The molecule has 98 valence electrons. The second kappa shape index (κ2) is 12.9. The standard InChI is InChI=1S/C12H30N4/c1-16(2)12-6-11-15-9-4-3-8-14-10-5-7-13/h14-15H,3-13H2,1-2H3. The van der Waals surface area contributed by atoms with E-state index in [1.807, 2.05) is 0 Å².